The van der Waals surface area contributed by atoms with E-state index in [-0.39, 0.29) is 31.0 Å². The van der Waals surface area contributed by atoms with Gasteiger partial charge in [0.15, 0.2) is 0 Å². The van der Waals surface area contributed by atoms with Crippen LogP contribution in [-0.4, -0.2) is 22.3 Å². The smallest absolute Gasteiger partial charge is 0.275 e. The van der Waals surface area contributed by atoms with Crippen LogP contribution in [-0.2, 0) is 24.3 Å². The van der Waals surface area contributed by atoms with Gasteiger partial charge in [0.05, 0.1) is 30.7 Å². The van der Waals surface area contributed by atoms with Crippen molar-refractivity contribution >= 4 is 16.7 Å². The van der Waals surface area contributed by atoms with E-state index >= 15 is 0 Å². The van der Waals surface area contributed by atoms with Crippen molar-refractivity contribution in [2.75, 3.05) is 6.61 Å². The van der Waals surface area contributed by atoms with Gasteiger partial charge >= 0.3 is 0 Å². The van der Waals surface area contributed by atoms with E-state index in [2.05, 4.69) is 16.3 Å². The summed E-state index contributed by atoms with van der Waals surface area (Å²) in [5.41, 5.74) is 1.25. The molecule has 0 saturated carbocycles. The number of nitrogens with zero attached hydrogens (tertiary/aromatic N) is 2. The van der Waals surface area contributed by atoms with Crippen molar-refractivity contribution in [1.82, 2.24) is 15.1 Å². The number of carbonyl (C=O) groups is 1. The minimum atomic E-state index is -0.238. The van der Waals surface area contributed by atoms with Crippen LogP contribution < -0.4 is 15.6 Å². The van der Waals surface area contributed by atoms with E-state index in [9.17, 15) is 9.59 Å². The first-order valence-corrected chi connectivity index (χ1v) is 9.03. The monoisotopic (exact) mass is 375 g/mol. The quantitative estimate of drug-likeness (QED) is 0.643. The van der Waals surface area contributed by atoms with Gasteiger partial charge in [-0.1, -0.05) is 36.3 Å². The number of ether oxygens (including phenoxy) is 1. The molecule has 3 aromatic rings. The second-order valence-corrected chi connectivity index (χ2v) is 6.19. The van der Waals surface area contributed by atoms with Gasteiger partial charge in [-0.2, -0.15) is 5.10 Å². The third kappa shape index (κ3) is 4.38. The number of amides is 1. The molecule has 0 fully saturated rings. The fourth-order valence-electron chi connectivity index (χ4n) is 2.93. The maximum absolute atomic E-state index is 12.4. The third-order valence-corrected chi connectivity index (χ3v) is 4.24. The topological polar surface area (TPSA) is 73.2 Å². The fraction of sp³-hybridized carbons (Fsp3) is 0.227. The molecule has 3 rings (SSSR count). The van der Waals surface area contributed by atoms with Crippen LogP contribution in [0.15, 0.2) is 53.3 Å². The molecule has 1 amide bonds. The molecular formula is C22H21N3O3. The SMILES string of the molecule is C#CCn1nc(CNC(=O)Cc2ccc(OCC)cc2)c2ccccc2c1=O. The maximum atomic E-state index is 12.4. The van der Waals surface area contributed by atoms with Crippen molar-refractivity contribution in [3.63, 3.8) is 0 Å². The van der Waals surface area contributed by atoms with Crippen LogP contribution in [0, 0.1) is 12.3 Å². The van der Waals surface area contributed by atoms with Gasteiger partial charge in [-0.05, 0) is 30.7 Å². The van der Waals surface area contributed by atoms with E-state index in [0.717, 1.165) is 11.3 Å². The molecule has 6 heteroatoms. The molecule has 28 heavy (non-hydrogen) atoms. The molecular weight excluding hydrogens is 354 g/mol. The molecule has 0 spiro atoms. The number of terminal acetylenes is 1. The Morgan fingerprint density at radius 3 is 2.57 bits per heavy atom. The van der Waals surface area contributed by atoms with Crippen LogP contribution >= 0.6 is 0 Å². The van der Waals surface area contributed by atoms with E-state index in [1.54, 1.807) is 12.1 Å². The Balaban J connectivity index is 1.74. The molecule has 0 aliphatic heterocycles. The minimum absolute atomic E-state index is 0.0802. The Morgan fingerprint density at radius 2 is 1.89 bits per heavy atom. The molecule has 0 aliphatic carbocycles. The summed E-state index contributed by atoms with van der Waals surface area (Å²) in [5.74, 6) is 3.07. The summed E-state index contributed by atoms with van der Waals surface area (Å²) in [6, 6.07) is 14.6. The van der Waals surface area contributed by atoms with E-state index in [1.807, 2.05) is 43.3 Å². The standard InChI is InChI=1S/C22H21N3O3/c1-3-13-25-22(27)19-8-6-5-7-18(19)20(24-25)15-23-21(26)14-16-9-11-17(12-10-16)28-4-2/h1,5-12H,4,13-15H2,2H3,(H,23,26). The Labute approximate surface area is 163 Å². The van der Waals surface area contributed by atoms with E-state index < -0.39 is 0 Å². The highest BCUT2D eigenvalue weighted by atomic mass is 16.5. The molecule has 6 nitrogen and oxygen atoms in total. The van der Waals surface area contributed by atoms with Gasteiger partial charge in [-0.3, -0.25) is 9.59 Å². The number of hydrogen-bond donors (Lipinski definition) is 1. The molecule has 1 N–H and O–H groups in total. The van der Waals surface area contributed by atoms with Crippen molar-refractivity contribution < 1.29 is 9.53 Å². The highest BCUT2D eigenvalue weighted by Gasteiger charge is 2.11. The van der Waals surface area contributed by atoms with Crippen LogP contribution in [0.4, 0.5) is 0 Å². The zero-order valence-electron chi connectivity index (χ0n) is 15.6. The molecule has 142 valence electrons. The summed E-state index contributed by atoms with van der Waals surface area (Å²) in [4.78, 5) is 24.8. The van der Waals surface area contributed by atoms with Crippen LogP contribution in [0.2, 0.25) is 0 Å². The number of rotatable bonds is 7. The van der Waals surface area contributed by atoms with Gasteiger partial charge in [0.2, 0.25) is 5.91 Å². The number of nitrogens with one attached hydrogen (secondary N) is 1. The second-order valence-electron chi connectivity index (χ2n) is 6.19. The number of hydrogen-bond acceptors (Lipinski definition) is 4. The van der Waals surface area contributed by atoms with Crippen LogP contribution in [0.1, 0.15) is 18.2 Å². The summed E-state index contributed by atoms with van der Waals surface area (Å²) in [7, 11) is 0. The average molecular weight is 375 g/mol. The Hall–Kier alpha value is -3.59. The fourth-order valence-corrected chi connectivity index (χ4v) is 2.93. The minimum Gasteiger partial charge on any atom is -0.494 e. The number of benzene rings is 2. The highest BCUT2D eigenvalue weighted by molar-refractivity contribution is 5.84. The van der Waals surface area contributed by atoms with E-state index in [1.165, 1.54) is 4.68 Å². The van der Waals surface area contributed by atoms with Gasteiger partial charge in [-0.25, -0.2) is 4.68 Å². The molecule has 0 radical (unpaired) electrons. The first-order valence-electron chi connectivity index (χ1n) is 9.03. The van der Waals surface area contributed by atoms with Crippen molar-refractivity contribution in [3.05, 3.63) is 70.1 Å². The Kier molecular flexibility index (Phi) is 6.07. The third-order valence-electron chi connectivity index (χ3n) is 4.24. The first kappa shape index (κ1) is 19.2. The average Bonchev–Trinajstić information content (AvgIpc) is 2.71. The van der Waals surface area contributed by atoms with E-state index in [4.69, 9.17) is 11.2 Å². The lowest BCUT2D eigenvalue weighted by Gasteiger charge is -2.11. The summed E-state index contributed by atoms with van der Waals surface area (Å²) >= 11 is 0. The van der Waals surface area contributed by atoms with Crippen LogP contribution in [0.5, 0.6) is 5.75 Å². The van der Waals surface area contributed by atoms with Gasteiger partial charge in [-0.15, -0.1) is 6.42 Å². The lowest BCUT2D eigenvalue weighted by molar-refractivity contribution is -0.120. The van der Waals surface area contributed by atoms with Gasteiger partial charge in [0.25, 0.3) is 5.56 Å². The van der Waals surface area contributed by atoms with Crippen molar-refractivity contribution in [2.45, 2.75) is 26.4 Å². The zero-order valence-corrected chi connectivity index (χ0v) is 15.6. The van der Waals surface area contributed by atoms with Crippen LogP contribution in [0.25, 0.3) is 10.8 Å². The first-order chi connectivity index (χ1) is 13.6. The summed E-state index contributed by atoms with van der Waals surface area (Å²) in [6.45, 7) is 2.81. The normalized spacial score (nSPS) is 10.4. The molecule has 0 bridgehead atoms. The number of carbonyl (C=O) groups excluding carboxylic acids is 1. The van der Waals surface area contributed by atoms with Gasteiger partial charge in [0.1, 0.15) is 12.3 Å². The second kappa shape index (κ2) is 8.87. The number of aromatic nitrogens is 2. The van der Waals surface area contributed by atoms with Crippen molar-refractivity contribution in [1.29, 1.82) is 0 Å². The molecule has 0 atom stereocenters. The van der Waals surface area contributed by atoms with E-state index in [0.29, 0.717) is 23.1 Å². The predicted octanol–water partition coefficient (Wildman–Crippen LogP) is 2.29. The summed E-state index contributed by atoms with van der Waals surface area (Å²) < 4.78 is 6.65. The molecule has 1 heterocycles. The Bertz CT molecular complexity index is 1080. The molecule has 1 aromatic heterocycles. The summed E-state index contributed by atoms with van der Waals surface area (Å²) in [5, 5.41) is 8.44. The zero-order chi connectivity index (χ0) is 19.9. The summed E-state index contributed by atoms with van der Waals surface area (Å²) in [6.07, 6.45) is 5.58. The number of fused-ring (bicyclic) bond motifs is 1. The van der Waals surface area contributed by atoms with Crippen molar-refractivity contribution in [2.24, 2.45) is 0 Å². The molecule has 2 aromatic carbocycles. The lowest BCUT2D eigenvalue weighted by atomic mass is 10.1. The molecule has 0 unspecified atom stereocenters. The van der Waals surface area contributed by atoms with Gasteiger partial charge < -0.3 is 10.1 Å². The van der Waals surface area contributed by atoms with Crippen LogP contribution in [0.3, 0.4) is 0 Å². The van der Waals surface area contributed by atoms with Gasteiger partial charge in [0, 0.05) is 5.39 Å². The maximum Gasteiger partial charge on any atom is 0.275 e. The lowest BCUT2D eigenvalue weighted by Crippen LogP contribution is -2.29. The predicted molar refractivity (Wildman–Crippen MR) is 108 cm³/mol. The largest absolute Gasteiger partial charge is 0.494 e. The molecule has 0 saturated heterocycles. The Morgan fingerprint density at radius 1 is 1.18 bits per heavy atom. The van der Waals surface area contributed by atoms with Crippen molar-refractivity contribution in [3.8, 4) is 18.1 Å². The molecule has 0 aliphatic rings. The highest BCUT2D eigenvalue weighted by Crippen LogP contribution is 2.14.